The molecular weight excluding hydrogens is 234 g/mol. The highest BCUT2D eigenvalue weighted by Gasteiger charge is 2.09. The van der Waals surface area contributed by atoms with Crippen LogP contribution < -0.4 is 10.6 Å². The lowest BCUT2D eigenvalue weighted by Crippen LogP contribution is -2.12. The summed E-state index contributed by atoms with van der Waals surface area (Å²) in [5.41, 5.74) is 8.54. The number of rotatable bonds is 3. The molecule has 3 nitrogen and oxygen atoms in total. The maximum Gasteiger partial charge on any atom is 0.0912 e. The second-order valence-electron chi connectivity index (χ2n) is 4.20. The summed E-state index contributed by atoms with van der Waals surface area (Å²) in [6.45, 7) is 0.593. The van der Waals surface area contributed by atoms with Gasteiger partial charge in [-0.05, 0) is 18.7 Å². The van der Waals surface area contributed by atoms with E-state index in [0.29, 0.717) is 11.6 Å². The summed E-state index contributed by atoms with van der Waals surface area (Å²) in [5, 5.41) is 1.76. The van der Waals surface area contributed by atoms with Gasteiger partial charge >= 0.3 is 0 Å². The van der Waals surface area contributed by atoms with E-state index in [2.05, 4.69) is 16.0 Å². The van der Waals surface area contributed by atoms with E-state index in [0.717, 1.165) is 28.7 Å². The molecule has 0 bridgehead atoms. The van der Waals surface area contributed by atoms with Gasteiger partial charge in [-0.25, -0.2) is 0 Å². The normalized spacial score (nSPS) is 10.8. The van der Waals surface area contributed by atoms with Gasteiger partial charge < -0.3 is 10.6 Å². The number of halogens is 1. The molecule has 0 aliphatic heterocycles. The number of fused-ring (bicyclic) bond motifs is 1. The van der Waals surface area contributed by atoms with Gasteiger partial charge in [0.25, 0.3) is 0 Å². The topological polar surface area (TPSA) is 42.1 Å². The number of hydrogen-bond donors (Lipinski definition) is 1. The van der Waals surface area contributed by atoms with Gasteiger partial charge in [0.05, 0.1) is 10.5 Å². The van der Waals surface area contributed by atoms with Crippen molar-refractivity contribution in [3.05, 3.63) is 35.0 Å². The summed E-state index contributed by atoms with van der Waals surface area (Å²) < 4.78 is 0. The Morgan fingerprint density at radius 3 is 2.76 bits per heavy atom. The SMILES string of the molecule is CN(C)c1cc(CCN)nc2c(Cl)cccc12. The largest absolute Gasteiger partial charge is 0.377 e. The molecule has 2 N–H and O–H groups in total. The van der Waals surface area contributed by atoms with Crippen molar-refractivity contribution in [1.29, 1.82) is 0 Å². The third-order valence-electron chi connectivity index (χ3n) is 2.70. The highest BCUT2D eigenvalue weighted by atomic mass is 35.5. The fourth-order valence-electron chi connectivity index (χ4n) is 1.89. The van der Waals surface area contributed by atoms with E-state index in [1.165, 1.54) is 0 Å². The van der Waals surface area contributed by atoms with Crippen molar-refractivity contribution in [3.8, 4) is 0 Å². The number of aromatic nitrogens is 1. The maximum absolute atomic E-state index is 6.19. The predicted molar refractivity (Wildman–Crippen MR) is 73.8 cm³/mol. The zero-order valence-corrected chi connectivity index (χ0v) is 10.8. The molecule has 0 aliphatic carbocycles. The average Bonchev–Trinajstić information content (AvgIpc) is 2.29. The molecule has 0 aliphatic rings. The molecule has 0 fully saturated rings. The van der Waals surface area contributed by atoms with Gasteiger partial charge in [-0.2, -0.15) is 0 Å². The maximum atomic E-state index is 6.19. The number of para-hydroxylation sites is 1. The minimum Gasteiger partial charge on any atom is -0.377 e. The lowest BCUT2D eigenvalue weighted by Gasteiger charge is -2.17. The minimum absolute atomic E-state index is 0.593. The molecule has 90 valence electrons. The van der Waals surface area contributed by atoms with Gasteiger partial charge in [0.15, 0.2) is 0 Å². The van der Waals surface area contributed by atoms with Crippen molar-refractivity contribution in [1.82, 2.24) is 4.98 Å². The molecule has 0 spiro atoms. The Balaban J connectivity index is 2.72. The van der Waals surface area contributed by atoms with Crippen LogP contribution in [0.5, 0.6) is 0 Å². The summed E-state index contributed by atoms with van der Waals surface area (Å²) in [4.78, 5) is 6.64. The van der Waals surface area contributed by atoms with Crippen molar-refractivity contribution < 1.29 is 0 Å². The molecule has 0 radical (unpaired) electrons. The predicted octanol–water partition coefficient (Wildman–Crippen LogP) is 2.46. The second kappa shape index (κ2) is 4.90. The molecule has 4 heteroatoms. The van der Waals surface area contributed by atoms with Crippen molar-refractivity contribution in [2.45, 2.75) is 6.42 Å². The average molecular weight is 250 g/mol. The Bertz CT molecular complexity index is 537. The van der Waals surface area contributed by atoms with Crippen LogP contribution >= 0.6 is 11.6 Å². The van der Waals surface area contributed by atoms with Crippen LogP contribution in [0.1, 0.15) is 5.69 Å². The zero-order chi connectivity index (χ0) is 12.4. The Morgan fingerprint density at radius 1 is 1.35 bits per heavy atom. The van der Waals surface area contributed by atoms with Crippen molar-refractivity contribution in [3.63, 3.8) is 0 Å². The highest BCUT2D eigenvalue weighted by molar-refractivity contribution is 6.35. The van der Waals surface area contributed by atoms with Crippen LogP contribution in [0, 0.1) is 0 Å². The van der Waals surface area contributed by atoms with E-state index in [4.69, 9.17) is 17.3 Å². The Hall–Kier alpha value is -1.32. The minimum atomic E-state index is 0.593. The molecule has 17 heavy (non-hydrogen) atoms. The monoisotopic (exact) mass is 249 g/mol. The van der Waals surface area contributed by atoms with Crippen LogP contribution in [0.3, 0.4) is 0 Å². The number of nitrogens with two attached hydrogens (primary N) is 1. The third-order valence-corrected chi connectivity index (χ3v) is 3.01. The molecule has 0 amide bonds. The van der Waals surface area contributed by atoms with E-state index in [9.17, 15) is 0 Å². The van der Waals surface area contributed by atoms with Crippen LogP contribution in [0.15, 0.2) is 24.3 Å². The van der Waals surface area contributed by atoms with E-state index in [1.807, 2.05) is 32.3 Å². The van der Waals surface area contributed by atoms with E-state index < -0.39 is 0 Å². The summed E-state index contributed by atoms with van der Waals surface area (Å²) >= 11 is 6.19. The molecule has 0 saturated heterocycles. The molecule has 1 heterocycles. The summed E-state index contributed by atoms with van der Waals surface area (Å²) in [7, 11) is 4.03. The Kier molecular flexibility index (Phi) is 3.50. The lowest BCUT2D eigenvalue weighted by atomic mass is 10.1. The Labute approximate surface area is 106 Å². The number of anilines is 1. The summed E-state index contributed by atoms with van der Waals surface area (Å²) in [6, 6.07) is 7.92. The smallest absolute Gasteiger partial charge is 0.0912 e. The fourth-order valence-corrected chi connectivity index (χ4v) is 2.11. The second-order valence-corrected chi connectivity index (χ2v) is 4.61. The van der Waals surface area contributed by atoms with Crippen molar-refractivity contribution in [2.24, 2.45) is 5.73 Å². The molecule has 1 aromatic heterocycles. The number of benzene rings is 1. The molecule has 0 atom stereocenters. The molecule has 1 aromatic carbocycles. The lowest BCUT2D eigenvalue weighted by molar-refractivity contribution is 0.929. The van der Waals surface area contributed by atoms with Crippen LogP contribution in [0.25, 0.3) is 10.9 Å². The first-order valence-electron chi connectivity index (χ1n) is 5.59. The summed E-state index contributed by atoms with van der Waals surface area (Å²) in [6.07, 6.45) is 0.766. The highest BCUT2D eigenvalue weighted by Crippen LogP contribution is 2.29. The van der Waals surface area contributed by atoms with Crippen LogP contribution in [0.2, 0.25) is 5.02 Å². The van der Waals surface area contributed by atoms with Crippen molar-refractivity contribution >= 4 is 28.2 Å². The van der Waals surface area contributed by atoms with Gasteiger partial charge in [-0.1, -0.05) is 23.7 Å². The van der Waals surface area contributed by atoms with Crippen LogP contribution in [-0.2, 0) is 6.42 Å². The van der Waals surface area contributed by atoms with Crippen molar-refractivity contribution in [2.75, 3.05) is 25.5 Å². The van der Waals surface area contributed by atoms with E-state index in [-0.39, 0.29) is 0 Å². The van der Waals surface area contributed by atoms with Gasteiger partial charge in [-0.3, -0.25) is 4.98 Å². The van der Waals surface area contributed by atoms with Crippen LogP contribution in [-0.4, -0.2) is 25.6 Å². The molecule has 0 saturated carbocycles. The first-order chi connectivity index (χ1) is 8.13. The number of pyridine rings is 1. The van der Waals surface area contributed by atoms with Gasteiger partial charge in [0.1, 0.15) is 0 Å². The molecule has 2 rings (SSSR count). The van der Waals surface area contributed by atoms with E-state index in [1.54, 1.807) is 0 Å². The fraction of sp³-hybridized carbons (Fsp3) is 0.308. The first kappa shape index (κ1) is 12.1. The van der Waals surface area contributed by atoms with Gasteiger partial charge in [0, 0.05) is 37.3 Å². The third kappa shape index (κ3) is 2.35. The van der Waals surface area contributed by atoms with Gasteiger partial charge in [0.2, 0.25) is 0 Å². The summed E-state index contributed by atoms with van der Waals surface area (Å²) in [5.74, 6) is 0. The molecule has 2 aromatic rings. The zero-order valence-electron chi connectivity index (χ0n) is 10.1. The quantitative estimate of drug-likeness (QED) is 0.909. The van der Waals surface area contributed by atoms with E-state index >= 15 is 0 Å². The standard InChI is InChI=1S/C13H16ClN3/c1-17(2)12-8-9(6-7-15)16-13-10(12)4-3-5-11(13)14/h3-5,8H,6-7,15H2,1-2H3. The molecular formula is C13H16ClN3. The number of hydrogen-bond acceptors (Lipinski definition) is 3. The molecule has 0 unspecified atom stereocenters. The first-order valence-corrected chi connectivity index (χ1v) is 5.97. The van der Waals surface area contributed by atoms with Crippen LogP contribution in [0.4, 0.5) is 5.69 Å². The number of nitrogens with zero attached hydrogens (tertiary/aromatic N) is 2. The Morgan fingerprint density at radius 2 is 2.12 bits per heavy atom. The van der Waals surface area contributed by atoms with Gasteiger partial charge in [-0.15, -0.1) is 0 Å².